The van der Waals surface area contributed by atoms with Crippen molar-refractivity contribution in [2.45, 2.75) is 38.6 Å². The quantitative estimate of drug-likeness (QED) is 0.667. The molecule has 168 valence electrons. The number of fused-ring (bicyclic) bond motifs is 1. The SMILES string of the molecule is CC1c2cnc(C3=NCCC=N3)nc2CCN1c1cc(OCC2CCOCC2)cc(F)n1. The van der Waals surface area contributed by atoms with E-state index >= 15 is 0 Å². The fourth-order valence-corrected chi connectivity index (χ4v) is 4.35. The summed E-state index contributed by atoms with van der Waals surface area (Å²) in [4.78, 5) is 24.2. The summed E-state index contributed by atoms with van der Waals surface area (Å²) < 4.78 is 25.7. The molecule has 9 heteroatoms. The van der Waals surface area contributed by atoms with Crippen LogP contribution in [0, 0.1) is 11.9 Å². The first-order valence-corrected chi connectivity index (χ1v) is 11.3. The first kappa shape index (κ1) is 20.9. The minimum atomic E-state index is -0.540. The van der Waals surface area contributed by atoms with Gasteiger partial charge in [-0.15, -0.1) is 0 Å². The van der Waals surface area contributed by atoms with Crippen LogP contribution in [0.5, 0.6) is 5.75 Å². The predicted molar refractivity (Wildman–Crippen MR) is 119 cm³/mol. The molecule has 0 aromatic carbocycles. The zero-order chi connectivity index (χ0) is 21.9. The maximum Gasteiger partial charge on any atom is 0.218 e. The first-order chi connectivity index (χ1) is 15.7. The number of amidine groups is 1. The van der Waals surface area contributed by atoms with Gasteiger partial charge in [-0.1, -0.05) is 0 Å². The molecule has 0 spiro atoms. The van der Waals surface area contributed by atoms with Crippen LogP contribution in [0.1, 0.15) is 49.3 Å². The molecule has 1 unspecified atom stereocenters. The molecule has 3 aliphatic rings. The maximum atomic E-state index is 14.3. The molecule has 8 nitrogen and oxygen atoms in total. The molecule has 2 aromatic rings. The summed E-state index contributed by atoms with van der Waals surface area (Å²) >= 11 is 0. The number of halogens is 1. The Morgan fingerprint density at radius 1 is 1.22 bits per heavy atom. The van der Waals surface area contributed by atoms with Crippen molar-refractivity contribution in [2.75, 3.05) is 37.8 Å². The molecule has 5 rings (SSSR count). The van der Waals surface area contributed by atoms with E-state index in [1.165, 1.54) is 6.07 Å². The van der Waals surface area contributed by atoms with Gasteiger partial charge in [-0.2, -0.15) is 4.39 Å². The molecule has 3 aliphatic heterocycles. The Morgan fingerprint density at radius 3 is 2.91 bits per heavy atom. The largest absolute Gasteiger partial charge is 0.493 e. The molecule has 0 amide bonds. The lowest BCUT2D eigenvalue weighted by Gasteiger charge is -2.35. The number of nitrogens with zero attached hydrogens (tertiary/aromatic N) is 6. The van der Waals surface area contributed by atoms with E-state index in [4.69, 9.17) is 14.5 Å². The van der Waals surface area contributed by atoms with Crippen LogP contribution in [-0.4, -0.2) is 59.9 Å². The zero-order valence-electron chi connectivity index (χ0n) is 18.2. The average Bonchev–Trinajstić information content (AvgIpc) is 2.83. The number of hydrogen-bond acceptors (Lipinski definition) is 8. The van der Waals surface area contributed by atoms with Gasteiger partial charge in [0.15, 0.2) is 11.7 Å². The number of ether oxygens (including phenoxy) is 2. The standard InChI is InChI=1S/C23H27FN6O2/c1-15-18-13-27-23(22-25-6-2-7-26-22)28-19(18)3-8-30(15)21-12-17(11-20(24)29-21)32-14-16-4-9-31-10-5-16/h6,11-13,15-16H,2-5,7-10,14H2,1H3. The van der Waals surface area contributed by atoms with Crippen molar-refractivity contribution in [2.24, 2.45) is 15.9 Å². The van der Waals surface area contributed by atoms with Gasteiger partial charge in [0.05, 0.1) is 18.3 Å². The molecule has 0 radical (unpaired) electrons. The van der Waals surface area contributed by atoms with E-state index in [0.29, 0.717) is 55.3 Å². The Morgan fingerprint density at radius 2 is 2.09 bits per heavy atom. The molecular formula is C23H27FN6O2. The van der Waals surface area contributed by atoms with Gasteiger partial charge in [0.25, 0.3) is 0 Å². The normalized spacial score (nSPS) is 21.2. The Bertz CT molecular complexity index is 1040. The third-order valence-electron chi connectivity index (χ3n) is 6.22. The third-order valence-corrected chi connectivity index (χ3v) is 6.22. The number of rotatable bonds is 5. The molecule has 0 N–H and O–H groups in total. The summed E-state index contributed by atoms with van der Waals surface area (Å²) in [5.74, 6) is 2.13. The molecule has 0 saturated carbocycles. The second kappa shape index (κ2) is 9.28. The highest BCUT2D eigenvalue weighted by Crippen LogP contribution is 2.33. The van der Waals surface area contributed by atoms with Gasteiger partial charge in [-0.05, 0) is 25.7 Å². The Hall–Kier alpha value is -2.94. The number of anilines is 1. The van der Waals surface area contributed by atoms with E-state index < -0.39 is 5.95 Å². The Balaban J connectivity index is 1.33. The second-order valence-corrected chi connectivity index (χ2v) is 8.37. The van der Waals surface area contributed by atoms with E-state index in [0.717, 1.165) is 43.7 Å². The first-order valence-electron chi connectivity index (χ1n) is 11.3. The van der Waals surface area contributed by atoms with Crippen molar-refractivity contribution in [1.29, 1.82) is 0 Å². The molecule has 0 bridgehead atoms. The van der Waals surface area contributed by atoms with Crippen LogP contribution in [0.2, 0.25) is 0 Å². The van der Waals surface area contributed by atoms with Crippen LogP contribution in [0.15, 0.2) is 28.3 Å². The van der Waals surface area contributed by atoms with Crippen molar-refractivity contribution in [1.82, 2.24) is 15.0 Å². The highest BCUT2D eigenvalue weighted by Gasteiger charge is 2.28. The minimum absolute atomic E-state index is 0.0396. The average molecular weight is 439 g/mol. The van der Waals surface area contributed by atoms with Crippen LogP contribution >= 0.6 is 0 Å². The topological polar surface area (TPSA) is 85.1 Å². The highest BCUT2D eigenvalue weighted by molar-refractivity contribution is 6.01. The van der Waals surface area contributed by atoms with Crippen LogP contribution in [-0.2, 0) is 11.2 Å². The second-order valence-electron chi connectivity index (χ2n) is 8.37. The Kier molecular flexibility index (Phi) is 6.07. The lowest BCUT2D eigenvalue weighted by molar-refractivity contribution is 0.0497. The van der Waals surface area contributed by atoms with Gasteiger partial charge < -0.3 is 14.4 Å². The smallest absolute Gasteiger partial charge is 0.218 e. The van der Waals surface area contributed by atoms with Gasteiger partial charge in [0, 0.05) is 69.3 Å². The van der Waals surface area contributed by atoms with Crippen LogP contribution in [0.3, 0.4) is 0 Å². The fraction of sp³-hybridized carbons (Fsp3) is 0.522. The van der Waals surface area contributed by atoms with Crippen molar-refractivity contribution < 1.29 is 13.9 Å². The lowest BCUT2D eigenvalue weighted by atomic mass is 9.99. The van der Waals surface area contributed by atoms with Crippen molar-refractivity contribution in [3.63, 3.8) is 0 Å². The third kappa shape index (κ3) is 4.48. The summed E-state index contributed by atoms with van der Waals surface area (Å²) in [6.07, 6.45) is 7.19. The molecular weight excluding hydrogens is 411 g/mol. The van der Waals surface area contributed by atoms with E-state index in [2.05, 4.69) is 31.8 Å². The molecule has 1 saturated heterocycles. The van der Waals surface area contributed by atoms with Crippen molar-refractivity contribution in [3.8, 4) is 5.75 Å². The van der Waals surface area contributed by atoms with Crippen molar-refractivity contribution in [3.05, 3.63) is 41.4 Å². The summed E-state index contributed by atoms with van der Waals surface area (Å²) in [5, 5.41) is 0. The molecule has 32 heavy (non-hydrogen) atoms. The molecule has 1 atom stereocenters. The van der Waals surface area contributed by atoms with E-state index in [1.54, 1.807) is 0 Å². The van der Waals surface area contributed by atoms with E-state index in [1.807, 2.05) is 18.5 Å². The van der Waals surface area contributed by atoms with Gasteiger partial charge in [-0.25, -0.2) is 19.9 Å². The summed E-state index contributed by atoms with van der Waals surface area (Å²) in [6, 6.07) is 3.14. The number of hydrogen-bond donors (Lipinski definition) is 0. The van der Waals surface area contributed by atoms with Crippen LogP contribution in [0.4, 0.5) is 10.2 Å². The van der Waals surface area contributed by atoms with Crippen LogP contribution < -0.4 is 9.64 Å². The number of pyridine rings is 1. The number of aliphatic imine (C=N–C) groups is 2. The maximum absolute atomic E-state index is 14.3. The monoisotopic (exact) mass is 438 g/mol. The summed E-state index contributed by atoms with van der Waals surface area (Å²) in [5.41, 5.74) is 1.99. The summed E-state index contributed by atoms with van der Waals surface area (Å²) in [6.45, 7) is 5.54. The fourth-order valence-electron chi connectivity index (χ4n) is 4.35. The van der Waals surface area contributed by atoms with E-state index in [9.17, 15) is 4.39 Å². The molecule has 0 aliphatic carbocycles. The molecule has 5 heterocycles. The molecule has 2 aromatic heterocycles. The van der Waals surface area contributed by atoms with Gasteiger partial charge >= 0.3 is 0 Å². The van der Waals surface area contributed by atoms with E-state index in [-0.39, 0.29) is 6.04 Å². The van der Waals surface area contributed by atoms with Gasteiger partial charge in [0.1, 0.15) is 11.6 Å². The highest BCUT2D eigenvalue weighted by atomic mass is 19.1. The van der Waals surface area contributed by atoms with Crippen molar-refractivity contribution >= 4 is 17.9 Å². The van der Waals surface area contributed by atoms with Gasteiger partial charge in [-0.3, -0.25) is 4.99 Å². The number of aromatic nitrogens is 3. The summed E-state index contributed by atoms with van der Waals surface area (Å²) in [7, 11) is 0. The van der Waals surface area contributed by atoms with Crippen LogP contribution in [0.25, 0.3) is 0 Å². The predicted octanol–water partition coefficient (Wildman–Crippen LogP) is 3.16. The lowest BCUT2D eigenvalue weighted by Crippen LogP contribution is -2.35. The molecule has 1 fully saturated rings. The Labute approximate surface area is 186 Å². The zero-order valence-corrected chi connectivity index (χ0v) is 18.2. The minimum Gasteiger partial charge on any atom is -0.493 e. The van der Waals surface area contributed by atoms with Gasteiger partial charge in [0.2, 0.25) is 5.95 Å².